The van der Waals surface area contributed by atoms with Gasteiger partial charge in [0.25, 0.3) is 5.91 Å². The summed E-state index contributed by atoms with van der Waals surface area (Å²) < 4.78 is 6.83. The Hall–Kier alpha value is -3.98. The Morgan fingerprint density at radius 2 is 2.26 bits per heavy atom. The number of ether oxygens (including phenoxy) is 1. The molecule has 0 saturated carbocycles. The second-order valence-electron chi connectivity index (χ2n) is 7.28. The van der Waals surface area contributed by atoms with E-state index in [1.54, 1.807) is 24.3 Å². The number of benzene rings is 1. The molecule has 0 radical (unpaired) electrons. The van der Waals surface area contributed by atoms with Gasteiger partial charge in [-0.1, -0.05) is 6.07 Å². The minimum Gasteiger partial charge on any atom is -0.496 e. The number of fused-ring (bicyclic) bond motifs is 1. The van der Waals surface area contributed by atoms with Crippen LogP contribution in [0.2, 0.25) is 0 Å². The van der Waals surface area contributed by atoms with Gasteiger partial charge in [-0.05, 0) is 31.0 Å². The lowest BCUT2D eigenvalue weighted by molar-refractivity contribution is -0.126. The number of nitrogens with zero attached hydrogens (tertiary/aromatic N) is 2. The van der Waals surface area contributed by atoms with Crippen molar-refractivity contribution in [2.45, 2.75) is 31.3 Å². The fourth-order valence-electron chi connectivity index (χ4n) is 3.91. The third-order valence-corrected chi connectivity index (χ3v) is 5.40. The van der Waals surface area contributed by atoms with Gasteiger partial charge in [-0.15, -0.1) is 12.3 Å². The molecule has 2 heterocycles. The van der Waals surface area contributed by atoms with Gasteiger partial charge in [-0.25, -0.2) is 0 Å². The van der Waals surface area contributed by atoms with Crippen molar-refractivity contribution in [3.05, 3.63) is 30.0 Å². The molecule has 1 saturated heterocycles. The van der Waals surface area contributed by atoms with Crippen LogP contribution in [0, 0.1) is 29.6 Å². The normalized spacial score (nSPS) is 17.3. The summed E-state index contributed by atoms with van der Waals surface area (Å²) in [5, 5.41) is 15.5. The minimum atomic E-state index is -0.981. The smallest absolute Gasteiger partial charge is 0.265 e. The molecule has 160 valence electrons. The summed E-state index contributed by atoms with van der Waals surface area (Å²) in [4.78, 5) is 37.1. The standard InChI is InChI=1S/C22H23N5O4/c1-3-5-17(22(30)26-14(12-23)10-13-8-9-25-21(13)29)27-16-6-4-7-19(31-2)15(16)11-18(27)20(24)28/h1,4,6-7,11,13-14,17H,5,8-10H2,2H3,(H2,24,28)(H,25,29)(H,26,30)/t13-,14-,17-/m0/s1. The van der Waals surface area contributed by atoms with E-state index in [0.717, 1.165) is 0 Å². The van der Waals surface area contributed by atoms with Crippen LogP contribution >= 0.6 is 0 Å². The second-order valence-corrected chi connectivity index (χ2v) is 7.28. The molecule has 9 heteroatoms. The molecule has 1 fully saturated rings. The van der Waals surface area contributed by atoms with Crippen LogP contribution in [0.15, 0.2) is 24.3 Å². The quantitative estimate of drug-likeness (QED) is 0.542. The average molecular weight is 421 g/mol. The van der Waals surface area contributed by atoms with Gasteiger partial charge in [0.05, 0.1) is 18.7 Å². The Morgan fingerprint density at radius 3 is 2.84 bits per heavy atom. The number of hydrogen-bond acceptors (Lipinski definition) is 5. The molecule has 9 nitrogen and oxygen atoms in total. The number of rotatable bonds is 8. The van der Waals surface area contributed by atoms with Crippen LogP contribution < -0.4 is 21.1 Å². The van der Waals surface area contributed by atoms with Crippen molar-refractivity contribution in [1.82, 2.24) is 15.2 Å². The molecule has 0 bridgehead atoms. The van der Waals surface area contributed by atoms with E-state index in [1.165, 1.54) is 11.7 Å². The highest BCUT2D eigenvalue weighted by molar-refractivity contribution is 6.01. The van der Waals surface area contributed by atoms with E-state index < -0.39 is 23.9 Å². The minimum absolute atomic E-state index is 0.0326. The van der Waals surface area contributed by atoms with E-state index in [2.05, 4.69) is 16.6 Å². The fraction of sp³-hybridized carbons (Fsp3) is 0.364. The lowest BCUT2D eigenvalue weighted by Crippen LogP contribution is -2.41. The molecule has 1 aromatic carbocycles. The van der Waals surface area contributed by atoms with Gasteiger partial charge in [0.15, 0.2) is 0 Å². The third kappa shape index (κ3) is 4.31. The van der Waals surface area contributed by atoms with E-state index in [4.69, 9.17) is 16.9 Å². The molecule has 1 aliphatic rings. The Balaban J connectivity index is 1.97. The lowest BCUT2D eigenvalue weighted by Gasteiger charge is -2.22. The Morgan fingerprint density at radius 1 is 1.48 bits per heavy atom. The van der Waals surface area contributed by atoms with E-state index in [9.17, 15) is 19.6 Å². The SMILES string of the molecule is C#CC[C@@H](C(=O)N[C@H](C#N)C[C@@H]1CCNC1=O)n1c(C(N)=O)cc2c(OC)cccc21. The van der Waals surface area contributed by atoms with Crippen molar-refractivity contribution in [3.8, 4) is 24.2 Å². The molecule has 0 unspecified atom stereocenters. The highest BCUT2D eigenvalue weighted by Gasteiger charge is 2.31. The van der Waals surface area contributed by atoms with E-state index in [-0.39, 0.29) is 30.4 Å². The highest BCUT2D eigenvalue weighted by atomic mass is 16.5. The zero-order valence-electron chi connectivity index (χ0n) is 17.1. The van der Waals surface area contributed by atoms with Crippen LogP contribution in [0.5, 0.6) is 5.75 Å². The van der Waals surface area contributed by atoms with Crippen molar-refractivity contribution >= 4 is 28.6 Å². The van der Waals surface area contributed by atoms with Gasteiger partial charge >= 0.3 is 0 Å². The molecule has 3 rings (SSSR count). The molecule has 1 aliphatic heterocycles. The first-order valence-electron chi connectivity index (χ1n) is 9.80. The number of methoxy groups -OCH3 is 1. The molecule has 31 heavy (non-hydrogen) atoms. The average Bonchev–Trinajstić information content (AvgIpc) is 3.34. The molecule has 4 N–H and O–H groups in total. The number of carbonyl (C=O) groups excluding carboxylic acids is 3. The van der Waals surface area contributed by atoms with E-state index in [0.29, 0.717) is 29.6 Å². The van der Waals surface area contributed by atoms with Gasteiger partial charge in [-0.2, -0.15) is 5.26 Å². The first kappa shape index (κ1) is 21.7. The molecule has 1 aromatic heterocycles. The number of primary amides is 1. The topological polar surface area (TPSA) is 139 Å². The molecule has 2 aromatic rings. The molecule has 0 aliphatic carbocycles. The number of nitrogens with two attached hydrogens (primary N) is 1. The van der Waals surface area contributed by atoms with Gasteiger partial charge < -0.3 is 25.7 Å². The summed E-state index contributed by atoms with van der Waals surface area (Å²) in [5.74, 6) is 1.24. The highest BCUT2D eigenvalue weighted by Crippen LogP contribution is 2.32. The zero-order chi connectivity index (χ0) is 22.5. The number of carbonyl (C=O) groups is 3. The number of hydrogen-bond donors (Lipinski definition) is 3. The van der Waals surface area contributed by atoms with Crippen LogP contribution in [0.3, 0.4) is 0 Å². The van der Waals surface area contributed by atoms with Gasteiger partial charge in [0.1, 0.15) is 23.5 Å². The summed E-state index contributed by atoms with van der Waals surface area (Å²) in [6.45, 7) is 0.550. The summed E-state index contributed by atoms with van der Waals surface area (Å²) in [6, 6.07) is 6.91. The predicted molar refractivity (Wildman–Crippen MR) is 113 cm³/mol. The number of nitriles is 1. The Kier molecular flexibility index (Phi) is 6.46. The number of nitrogens with one attached hydrogen (secondary N) is 2. The van der Waals surface area contributed by atoms with Crippen LogP contribution in [0.1, 0.15) is 35.8 Å². The largest absolute Gasteiger partial charge is 0.496 e. The van der Waals surface area contributed by atoms with Crippen LogP contribution in [0.4, 0.5) is 0 Å². The molecule has 3 amide bonds. The van der Waals surface area contributed by atoms with Crippen LogP contribution in [-0.2, 0) is 9.59 Å². The summed E-state index contributed by atoms with van der Waals surface area (Å²) >= 11 is 0. The molecule has 0 spiro atoms. The monoisotopic (exact) mass is 421 g/mol. The number of terminal acetylenes is 1. The van der Waals surface area contributed by atoms with Gasteiger partial charge in [0, 0.05) is 24.3 Å². The van der Waals surface area contributed by atoms with Crippen molar-refractivity contribution in [1.29, 1.82) is 5.26 Å². The van der Waals surface area contributed by atoms with Crippen molar-refractivity contribution < 1.29 is 19.1 Å². The third-order valence-electron chi connectivity index (χ3n) is 5.40. The second kappa shape index (κ2) is 9.23. The molecular formula is C22H23N5O4. The molecular weight excluding hydrogens is 398 g/mol. The van der Waals surface area contributed by atoms with E-state index >= 15 is 0 Å². The van der Waals surface area contributed by atoms with Crippen LogP contribution in [0.25, 0.3) is 10.9 Å². The van der Waals surface area contributed by atoms with Crippen LogP contribution in [-0.4, -0.2) is 42.0 Å². The summed E-state index contributed by atoms with van der Waals surface area (Å²) in [5.41, 5.74) is 6.22. The van der Waals surface area contributed by atoms with Crippen molar-refractivity contribution in [3.63, 3.8) is 0 Å². The first-order valence-corrected chi connectivity index (χ1v) is 9.80. The van der Waals surface area contributed by atoms with E-state index in [1.807, 2.05) is 6.07 Å². The summed E-state index contributed by atoms with van der Waals surface area (Å²) in [6.07, 6.45) is 6.28. The van der Waals surface area contributed by atoms with Gasteiger partial charge in [-0.3, -0.25) is 14.4 Å². The zero-order valence-corrected chi connectivity index (χ0v) is 17.1. The Labute approximate surface area is 179 Å². The summed E-state index contributed by atoms with van der Waals surface area (Å²) in [7, 11) is 1.50. The van der Waals surface area contributed by atoms with Crippen molar-refractivity contribution in [2.24, 2.45) is 11.7 Å². The van der Waals surface area contributed by atoms with Gasteiger partial charge in [0.2, 0.25) is 11.8 Å². The maximum atomic E-state index is 13.2. The maximum absolute atomic E-state index is 13.2. The Bertz CT molecular complexity index is 1110. The number of amides is 3. The first-order chi connectivity index (χ1) is 14.9. The molecule has 3 atom stereocenters. The predicted octanol–water partition coefficient (Wildman–Crippen LogP) is 0.848. The fourth-order valence-corrected chi connectivity index (χ4v) is 3.91. The van der Waals surface area contributed by atoms with Crippen molar-refractivity contribution in [2.75, 3.05) is 13.7 Å². The maximum Gasteiger partial charge on any atom is 0.265 e. The number of aromatic nitrogens is 1. The lowest BCUT2D eigenvalue weighted by atomic mass is 9.98.